The highest BCUT2D eigenvalue weighted by atomic mass is 16.2. The molecule has 0 unspecified atom stereocenters. The molecule has 3 nitrogen and oxygen atoms in total. The van der Waals surface area contributed by atoms with Crippen LogP contribution in [0.15, 0.2) is 12.1 Å². The van der Waals surface area contributed by atoms with Gasteiger partial charge in [0.25, 0.3) is 0 Å². The third-order valence-corrected chi connectivity index (χ3v) is 3.29. The van der Waals surface area contributed by atoms with E-state index in [0.29, 0.717) is 11.1 Å². The van der Waals surface area contributed by atoms with Gasteiger partial charge in [0.15, 0.2) is 17.5 Å². The summed E-state index contributed by atoms with van der Waals surface area (Å²) in [7, 11) is 0. The second kappa shape index (κ2) is 4.14. The van der Waals surface area contributed by atoms with E-state index in [2.05, 4.69) is 0 Å². The summed E-state index contributed by atoms with van der Waals surface area (Å²) in [5, 5.41) is 8.84. The second-order valence-corrected chi connectivity index (χ2v) is 4.16. The van der Waals surface area contributed by atoms with Crippen molar-refractivity contribution in [3.63, 3.8) is 0 Å². The van der Waals surface area contributed by atoms with Gasteiger partial charge in [0.1, 0.15) is 0 Å². The number of hydrogen-bond donors (Lipinski definition) is 0. The number of hydrogen-bond acceptors (Lipinski definition) is 3. The Balaban J connectivity index is 2.64. The van der Waals surface area contributed by atoms with E-state index in [4.69, 9.17) is 5.26 Å². The Morgan fingerprint density at radius 2 is 1.47 bits per heavy atom. The summed E-state index contributed by atoms with van der Waals surface area (Å²) in [5.41, 5.74) is 3.03. The number of nitrogens with zero attached hydrogens (tertiary/aromatic N) is 1. The molecular weight excluding hydrogens is 214 g/mol. The van der Waals surface area contributed by atoms with Gasteiger partial charge < -0.3 is 0 Å². The molecule has 0 heterocycles. The summed E-state index contributed by atoms with van der Waals surface area (Å²) >= 11 is 0. The van der Waals surface area contributed by atoms with Gasteiger partial charge in [0, 0.05) is 11.1 Å². The molecule has 86 valence electrons. The first kappa shape index (κ1) is 11.5. The number of Topliss-reactive ketones (excluding diaryl/α,β-unsaturated/α-hetero) is 2. The highest BCUT2D eigenvalue weighted by molar-refractivity contribution is 6.28. The zero-order chi connectivity index (χ0) is 12.6. The molecule has 0 saturated heterocycles. The second-order valence-electron chi connectivity index (χ2n) is 4.16. The Morgan fingerprint density at radius 1 is 1.06 bits per heavy atom. The number of rotatable bonds is 2. The highest BCUT2D eigenvalue weighted by Gasteiger charge is 2.39. The van der Waals surface area contributed by atoms with E-state index in [-0.39, 0.29) is 11.6 Å². The van der Waals surface area contributed by atoms with Crippen LogP contribution in [-0.2, 0) is 12.8 Å². The molecule has 3 heteroatoms. The van der Waals surface area contributed by atoms with Crippen molar-refractivity contribution in [3.8, 4) is 6.07 Å². The fourth-order valence-electron chi connectivity index (χ4n) is 2.30. The Kier molecular flexibility index (Phi) is 2.81. The van der Waals surface area contributed by atoms with E-state index >= 15 is 0 Å². The molecule has 0 bridgehead atoms. The lowest BCUT2D eigenvalue weighted by Gasteiger charge is -2.07. The average Bonchev–Trinajstić information content (AvgIpc) is 2.59. The van der Waals surface area contributed by atoms with Crippen molar-refractivity contribution in [2.45, 2.75) is 26.7 Å². The molecule has 0 atom stereocenters. The Morgan fingerprint density at radius 3 is 1.76 bits per heavy atom. The van der Waals surface area contributed by atoms with Crippen LogP contribution in [0.3, 0.4) is 0 Å². The zero-order valence-electron chi connectivity index (χ0n) is 9.91. The molecule has 0 amide bonds. The van der Waals surface area contributed by atoms with Gasteiger partial charge in [-0.25, -0.2) is 0 Å². The first-order valence-corrected chi connectivity index (χ1v) is 5.77. The van der Waals surface area contributed by atoms with Gasteiger partial charge in [-0.3, -0.25) is 9.59 Å². The molecular formula is C14H13NO2. The van der Waals surface area contributed by atoms with Crippen molar-refractivity contribution in [2.24, 2.45) is 5.92 Å². The number of ketones is 2. The van der Waals surface area contributed by atoms with Crippen LogP contribution in [-0.4, -0.2) is 11.6 Å². The third-order valence-electron chi connectivity index (χ3n) is 3.29. The minimum absolute atomic E-state index is 0.343. The maximum atomic E-state index is 11.9. The van der Waals surface area contributed by atoms with E-state index in [1.165, 1.54) is 0 Å². The summed E-state index contributed by atoms with van der Waals surface area (Å²) < 4.78 is 0. The number of benzene rings is 1. The van der Waals surface area contributed by atoms with E-state index < -0.39 is 5.92 Å². The molecule has 0 radical (unpaired) electrons. The van der Waals surface area contributed by atoms with Crippen molar-refractivity contribution < 1.29 is 9.59 Å². The normalized spacial score (nSPS) is 14.9. The molecule has 17 heavy (non-hydrogen) atoms. The molecule has 0 aromatic heterocycles. The first-order chi connectivity index (χ1) is 8.13. The molecule has 1 aliphatic carbocycles. The van der Waals surface area contributed by atoms with Crippen molar-refractivity contribution in [3.05, 3.63) is 34.4 Å². The van der Waals surface area contributed by atoms with Crippen molar-refractivity contribution >= 4 is 11.6 Å². The predicted octanol–water partition coefficient (Wildman–Crippen LogP) is 2.33. The maximum absolute atomic E-state index is 11.9. The minimum atomic E-state index is -1.12. The topological polar surface area (TPSA) is 57.9 Å². The standard InChI is InChI=1S/C14H13NO2/c1-3-8-5-10-11(6-9(8)4-2)14(17)12(7-15)13(10)16/h5-6,12H,3-4H2,1-2H3. The Hall–Kier alpha value is -1.95. The lowest BCUT2D eigenvalue weighted by molar-refractivity contribution is 0.0876. The first-order valence-electron chi connectivity index (χ1n) is 5.77. The molecule has 0 fully saturated rings. The largest absolute Gasteiger partial charge is 0.292 e. The van der Waals surface area contributed by atoms with Gasteiger partial charge in [-0.1, -0.05) is 13.8 Å². The minimum Gasteiger partial charge on any atom is -0.292 e. The van der Waals surface area contributed by atoms with E-state index in [9.17, 15) is 9.59 Å². The predicted molar refractivity (Wildman–Crippen MR) is 63.0 cm³/mol. The van der Waals surface area contributed by atoms with Crippen LogP contribution >= 0.6 is 0 Å². The average molecular weight is 227 g/mol. The maximum Gasteiger partial charge on any atom is 0.188 e. The SMILES string of the molecule is CCc1cc2c(cc1CC)C(=O)C(C#N)C2=O. The third kappa shape index (κ3) is 1.57. The number of fused-ring (bicyclic) bond motifs is 1. The van der Waals surface area contributed by atoms with E-state index in [0.717, 1.165) is 24.0 Å². The van der Waals surface area contributed by atoms with Gasteiger partial charge in [-0.2, -0.15) is 5.26 Å². The number of nitriles is 1. The van der Waals surface area contributed by atoms with Gasteiger partial charge >= 0.3 is 0 Å². The number of aryl methyl sites for hydroxylation is 2. The van der Waals surface area contributed by atoms with Crippen LogP contribution in [0.2, 0.25) is 0 Å². The molecule has 1 aromatic carbocycles. The summed E-state index contributed by atoms with van der Waals surface area (Å²) in [6.45, 7) is 4.04. The fraction of sp³-hybridized carbons (Fsp3) is 0.357. The van der Waals surface area contributed by atoms with Crippen LogP contribution in [0.5, 0.6) is 0 Å². The Bertz CT molecular complexity index is 509. The van der Waals surface area contributed by atoms with Gasteiger partial charge in [-0.05, 0) is 36.1 Å². The lowest BCUT2D eigenvalue weighted by atomic mass is 9.96. The fourth-order valence-corrected chi connectivity index (χ4v) is 2.30. The number of carbonyl (C=O) groups is 2. The van der Waals surface area contributed by atoms with Gasteiger partial charge in [-0.15, -0.1) is 0 Å². The molecule has 0 N–H and O–H groups in total. The van der Waals surface area contributed by atoms with Crippen LogP contribution in [0.25, 0.3) is 0 Å². The highest BCUT2D eigenvalue weighted by Crippen LogP contribution is 2.29. The van der Waals surface area contributed by atoms with Gasteiger partial charge in [0.2, 0.25) is 0 Å². The molecule has 1 aromatic rings. The van der Waals surface area contributed by atoms with E-state index in [1.54, 1.807) is 18.2 Å². The summed E-state index contributed by atoms with van der Waals surface area (Å²) in [5.74, 6) is -1.81. The van der Waals surface area contributed by atoms with E-state index in [1.807, 2.05) is 13.8 Å². The van der Waals surface area contributed by atoms with Crippen LogP contribution in [0, 0.1) is 17.2 Å². The van der Waals surface area contributed by atoms with Gasteiger partial charge in [0.05, 0.1) is 6.07 Å². The van der Waals surface area contributed by atoms with Crippen molar-refractivity contribution in [1.82, 2.24) is 0 Å². The van der Waals surface area contributed by atoms with Crippen molar-refractivity contribution in [2.75, 3.05) is 0 Å². The van der Waals surface area contributed by atoms with Crippen LogP contribution in [0.1, 0.15) is 45.7 Å². The lowest BCUT2D eigenvalue weighted by Crippen LogP contribution is -2.11. The Labute approximate surface area is 100 Å². The summed E-state index contributed by atoms with van der Waals surface area (Å²) in [6, 6.07) is 5.35. The smallest absolute Gasteiger partial charge is 0.188 e. The molecule has 0 saturated carbocycles. The summed E-state index contributed by atoms with van der Waals surface area (Å²) in [6.07, 6.45) is 1.66. The van der Waals surface area contributed by atoms with Crippen LogP contribution < -0.4 is 0 Å². The molecule has 0 aliphatic heterocycles. The molecule has 0 spiro atoms. The number of carbonyl (C=O) groups excluding carboxylic acids is 2. The zero-order valence-corrected chi connectivity index (χ0v) is 9.91. The monoisotopic (exact) mass is 227 g/mol. The summed E-state index contributed by atoms with van der Waals surface area (Å²) in [4.78, 5) is 23.7. The van der Waals surface area contributed by atoms with Crippen molar-refractivity contribution in [1.29, 1.82) is 5.26 Å². The van der Waals surface area contributed by atoms with Crippen LogP contribution in [0.4, 0.5) is 0 Å². The molecule has 1 aliphatic rings. The quantitative estimate of drug-likeness (QED) is 0.728. The molecule has 2 rings (SSSR count).